The van der Waals surface area contributed by atoms with Crippen LogP contribution >= 0.6 is 0 Å². The van der Waals surface area contributed by atoms with Gasteiger partial charge >= 0.3 is 0 Å². The average molecular weight is 142 g/mol. The van der Waals surface area contributed by atoms with E-state index in [1.807, 2.05) is 0 Å². The van der Waals surface area contributed by atoms with Crippen molar-refractivity contribution in [2.45, 2.75) is 19.8 Å². The summed E-state index contributed by atoms with van der Waals surface area (Å²) in [6, 6.07) is 0. The lowest BCUT2D eigenvalue weighted by Crippen LogP contribution is -2.75. The van der Waals surface area contributed by atoms with E-state index in [1.54, 1.807) is 6.08 Å². The molecular formula is C7H16N3+. The van der Waals surface area contributed by atoms with Gasteiger partial charge in [0.25, 0.3) is 5.84 Å². The van der Waals surface area contributed by atoms with Crippen LogP contribution < -0.4 is 16.5 Å². The maximum atomic E-state index is 5.46. The second-order valence-corrected chi connectivity index (χ2v) is 2.09. The van der Waals surface area contributed by atoms with E-state index in [-0.39, 0.29) is 0 Å². The van der Waals surface area contributed by atoms with Crippen LogP contribution in [0, 0.1) is 0 Å². The van der Waals surface area contributed by atoms with Crippen LogP contribution in [0.3, 0.4) is 0 Å². The topological polar surface area (TPSA) is 66.0 Å². The molecular weight excluding hydrogens is 126 g/mol. The first-order valence-electron chi connectivity index (χ1n) is 3.55. The van der Waals surface area contributed by atoms with Gasteiger partial charge in [0.1, 0.15) is 0 Å². The standard InChI is InChI=1S/C7H15N3/c1-2-3-6-10-7(9)4-5-8/h4-5H,2-3,6,8H2,1H3,(H2,9,10)/p+1/b5-4-. The van der Waals surface area contributed by atoms with E-state index in [2.05, 4.69) is 11.9 Å². The highest BCUT2D eigenvalue weighted by Gasteiger charge is 1.88. The highest BCUT2D eigenvalue weighted by molar-refractivity contribution is 5.85. The molecule has 0 unspecified atom stereocenters. The molecule has 0 saturated carbocycles. The van der Waals surface area contributed by atoms with Gasteiger partial charge in [0.05, 0.1) is 6.54 Å². The maximum Gasteiger partial charge on any atom is 0.266 e. The zero-order valence-corrected chi connectivity index (χ0v) is 6.43. The molecule has 0 aliphatic carbocycles. The molecule has 0 atom stereocenters. The number of hydrogen-bond donors (Lipinski definition) is 3. The van der Waals surface area contributed by atoms with Crippen LogP contribution in [0.5, 0.6) is 0 Å². The number of hydrogen-bond acceptors (Lipinski definition) is 1. The van der Waals surface area contributed by atoms with Crippen molar-refractivity contribution in [1.82, 2.24) is 0 Å². The molecule has 5 N–H and O–H groups in total. The van der Waals surface area contributed by atoms with E-state index in [0.717, 1.165) is 13.0 Å². The van der Waals surface area contributed by atoms with E-state index in [9.17, 15) is 0 Å². The summed E-state index contributed by atoms with van der Waals surface area (Å²) in [7, 11) is 0. The van der Waals surface area contributed by atoms with Crippen LogP contribution in [-0.2, 0) is 0 Å². The van der Waals surface area contributed by atoms with Crippen LogP contribution in [0.2, 0.25) is 0 Å². The third-order valence-corrected chi connectivity index (χ3v) is 1.14. The molecule has 10 heavy (non-hydrogen) atoms. The molecule has 0 aliphatic rings. The van der Waals surface area contributed by atoms with Gasteiger partial charge in [0.2, 0.25) is 0 Å². The molecule has 0 aromatic rings. The van der Waals surface area contributed by atoms with Gasteiger partial charge in [-0.15, -0.1) is 0 Å². The van der Waals surface area contributed by atoms with Crippen molar-refractivity contribution >= 4 is 5.84 Å². The minimum absolute atomic E-state index is 0.635. The van der Waals surface area contributed by atoms with Crippen molar-refractivity contribution in [3.8, 4) is 0 Å². The summed E-state index contributed by atoms with van der Waals surface area (Å²) < 4.78 is 0. The fourth-order valence-corrected chi connectivity index (χ4v) is 0.572. The Morgan fingerprint density at radius 1 is 1.60 bits per heavy atom. The van der Waals surface area contributed by atoms with E-state index >= 15 is 0 Å². The Balaban J connectivity index is 3.47. The van der Waals surface area contributed by atoms with Crippen LogP contribution in [0.1, 0.15) is 19.8 Å². The molecule has 58 valence electrons. The summed E-state index contributed by atoms with van der Waals surface area (Å²) in [5.74, 6) is 0.635. The van der Waals surface area contributed by atoms with Gasteiger partial charge in [-0.3, -0.25) is 10.7 Å². The normalized spacial score (nSPS) is 12.7. The van der Waals surface area contributed by atoms with Gasteiger partial charge < -0.3 is 5.73 Å². The summed E-state index contributed by atoms with van der Waals surface area (Å²) in [5, 5.41) is 0. The van der Waals surface area contributed by atoms with E-state index < -0.39 is 0 Å². The molecule has 0 spiro atoms. The molecule has 3 nitrogen and oxygen atoms in total. The molecule has 0 heterocycles. The van der Waals surface area contributed by atoms with E-state index in [0.29, 0.717) is 5.84 Å². The summed E-state index contributed by atoms with van der Waals surface area (Å²) >= 11 is 0. The van der Waals surface area contributed by atoms with Gasteiger partial charge in [-0.1, -0.05) is 13.3 Å². The minimum Gasteiger partial charge on any atom is -0.404 e. The Morgan fingerprint density at radius 2 is 2.30 bits per heavy atom. The predicted molar refractivity (Wildman–Crippen MR) is 43.3 cm³/mol. The van der Waals surface area contributed by atoms with Gasteiger partial charge in [-0.25, -0.2) is 0 Å². The highest BCUT2D eigenvalue weighted by atomic mass is 14.8. The lowest BCUT2D eigenvalue weighted by atomic mass is 10.3. The summed E-state index contributed by atoms with van der Waals surface area (Å²) in [6.45, 7) is 3.06. The second-order valence-electron chi connectivity index (χ2n) is 2.09. The fraction of sp³-hybridized carbons (Fsp3) is 0.571. The molecule has 0 aromatic carbocycles. The lowest BCUT2D eigenvalue weighted by molar-refractivity contribution is -0.457. The molecule has 0 amide bonds. The Kier molecular flexibility index (Phi) is 5.53. The first-order valence-corrected chi connectivity index (χ1v) is 3.55. The zero-order chi connectivity index (χ0) is 7.82. The van der Waals surface area contributed by atoms with Crippen molar-refractivity contribution in [1.29, 1.82) is 0 Å². The van der Waals surface area contributed by atoms with Crippen molar-refractivity contribution in [2.24, 2.45) is 11.5 Å². The maximum absolute atomic E-state index is 5.46. The molecule has 0 bridgehead atoms. The fourth-order valence-electron chi connectivity index (χ4n) is 0.572. The molecule has 0 fully saturated rings. The molecule has 0 saturated heterocycles. The number of nitrogens with one attached hydrogen (secondary N) is 1. The van der Waals surface area contributed by atoms with Crippen LogP contribution in [0.4, 0.5) is 0 Å². The third-order valence-electron chi connectivity index (χ3n) is 1.14. The number of nitrogens with two attached hydrogens (primary N) is 2. The largest absolute Gasteiger partial charge is 0.404 e. The zero-order valence-electron chi connectivity index (χ0n) is 6.43. The Morgan fingerprint density at radius 3 is 2.80 bits per heavy atom. The molecule has 0 aliphatic heterocycles. The Hall–Kier alpha value is -0.990. The minimum atomic E-state index is 0.635. The Bertz CT molecular complexity index is 127. The second kappa shape index (κ2) is 6.13. The number of rotatable bonds is 4. The van der Waals surface area contributed by atoms with Crippen LogP contribution in [0.25, 0.3) is 0 Å². The van der Waals surface area contributed by atoms with E-state index in [1.165, 1.54) is 12.6 Å². The van der Waals surface area contributed by atoms with Gasteiger partial charge in [0.15, 0.2) is 0 Å². The van der Waals surface area contributed by atoms with Gasteiger partial charge in [-0.05, 0) is 6.42 Å². The van der Waals surface area contributed by atoms with Crippen molar-refractivity contribution in [3.63, 3.8) is 0 Å². The van der Waals surface area contributed by atoms with Crippen molar-refractivity contribution in [3.05, 3.63) is 12.3 Å². The Labute approximate surface area is 61.8 Å². The lowest BCUT2D eigenvalue weighted by Gasteiger charge is -1.87. The number of amidine groups is 1. The summed E-state index contributed by atoms with van der Waals surface area (Å²) in [6.07, 6.45) is 5.38. The van der Waals surface area contributed by atoms with E-state index in [4.69, 9.17) is 11.5 Å². The van der Waals surface area contributed by atoms with Gasteiger partial charge in [-0.2, -0.15) is 0 Å². The van der Waals surface area contributed by atoms with Gasteiger partial charge in [0, 0.05) is 12.3 Å². The van der Waals surface area contributed by atoms with Crippen molar-refractivity contribution < 1.29 is 4.99 Å². The first kappa shape index (κ1) is 9.01. The number of unbranched alkanes of at least 4 members (excludes halogenated alkanes) is 1. The average Bonchev–Trinajstić information content (AvgIpc) is 1.89. The van der Waals surface area contributed by atoms with Crippen LogP contribution in [0.15, 0.2) is 12.3 Å². The third kappa shape index (κ3) is 5.15. The molecule has 0 radical (unpaired) electrons. The van der Waals surface area contributed by atoms with Crippen LogP contribution in [-0.4, -0.2) is 12.4 Å². The molecule has 0 rings (SSSR count). The highest BCUT2D eigenvalue weighted by Crippen LogP contribution is 1.76. The first-order chi connectivity index (χ1) is 4.81. The molecule has 0 aromatic heterocycles. The smallest absolute Gasteiger partial charge is 0.266 e. The SMILES string of the molecule is CCCC[NH+]=C(N)/C=C\N. The summed E-state index contributed by atoms with van der Waals surface area (Å²) in [4.78, 5) is 3.01. The predicted octanol–water partition coefficient (Wildman–Crippen LogP) is -1.30. The monoisotopic (exact) mass is 142 g/mol. The summed E-state index contributed by atoms with van der Waals surface area (Å²) in [5.41, 5.74) is 10.6. The quantitative estimate of drug-likeness (QED) is 0.259. The van der Waals surface area contributed by atoms with Crippen molar-refractivity contribution in [2.75, 3.05) is 6.54 Å². The molecule has 3 heteroatoms.